The van der Waals surface area contributed by atoms with Gasteiger partial charge in [0.1, 0.15) is 0 Å². The topological polar surface area (TPSA) is 28.7 Å². The zero-order valence-corrected chi connectivity index (χ0v) is 3.90. The number of aromatic amines is 1. The van der Waals surface area contributed by atoms with Crippen LogP contribution in [0.15, 0.2) is 18.7 Å². The number of hydrogen-bond acceptors (Lipinski definition) is 1. The first kappa shape index (κ1) is 10.5. The number of H-pyrrole nitrogens is 1. The van der Waals surface area contributed by atoms with Crippen LogP contribution in [0.5, 0.6) is 0 Å². The summed E-state index contributed by atoms with van der Waals surface area (Å²) in [5, 5.41) is 0. The molecule has 0 amide bonds. The first-order valence-electron chi connectivity index (χ1n) is 1.43. The monoisotopic (exact) mass is 128 g/mol. The van der Waals surface area contributed by atoms with Crippen molar-refractivity contribution in [2.24, 2.45) is 0 Å². The van der Waals surface area contributed by atoms with Gasteiger partial charge in [-0.15, -0.1) is 12.4 Å². The molecule has 0 aromatic carbocycles. The van der Waals surface area contributed by atoms with Crippen LogP contribution in [0.4, 0.5) is 0 Å². The minimum absolute atomic E-state index is 0. The summed E-state index contributed by atoms with van der Waals surface area (Å²) in [6.45, 7) is 0. The third-order valence-corrected chi connectivity index (χ3v) is 0.406. The largest absolute Gasteiger partial charge is 0.351 e. The van der Waals surface area contributed by atoms with Crippen molar-refractivity contribution in [3.63, 3.8) is 0 Å². The van der Waals surface area contributed by atoms with Crippen LogP contribution in [-0.4, -0.2) is 39.5 Å². The van der Waals surface area contributed by atoms with E-state index in [0.29, 0.717) is 0 Å². The number of nitrogens with one attached hydrogen (secondary N) is 1. The summed E-state index contributed by atoms with van der Waals surface area (Å²) in [6.07, 6.45) is 5.08. The number of imidazole rings is 1. The molecule has 0 unspecified atom stereocenters. The minimum atomic E-state index is 0. The van der Waals surface area contributed by atoms with Gasteiger partial charge in [-0.1, -0.05) is 0 Å². The molecule has 36 valence electrons. The molecule has 1 rings (SSSR count). The van der Waals surface area contributed by atoms with E-state index in [1.807, 2.05) is 0 Å². The van der Waals surface area contributed by atoms with E-state index in [2.05, 4.69) is 9.97 Å². The average molecular weight is 129 g/mol. The summed E-state index contributed by atoms with van der Waals surface area (Å²) in [7, 11) is 0. The SMILES string of the molecule is Cl.[NaH].c1c[nH]cn1. The Labute approximate surface area is 70.4 Å². The van der Waals surface area contributed by atoms with Gasteiger partial charge in [-0.3, -0.25) is 0 Å². The zero-order chi connectivity index (χ0) is 3.54. The van der Waals surface area contributed by atoms with E-state index >= 15 is 0 Å². The molecule has 2 nitrogen and oxygen atoms in total. The second kappa shape index (κ2) is 6.50. The van der Waals surface area contributed by atoms with Crippen molar-refractivity contribution >= 4 is 42.0 Å². The summed E-state index contributed by atoms with van der Waals surface area (Å²) < 4.78 is 0. The molecular formula is C3H6ClN2Na. The minimum Gasteiger partial charge on any atom is -0.351 e. The Kier molecular flexibility index (Phi) is 9.73. The Balaban J connectivity index is 0. The molecule has 0 aliphatic heterocycles. The van der Waals surface area contributed by atoms with Gasteiger partial charge in [0.2, 0.25) is 0 Å². The molecule has 0 saturated carbocycles. The van der Waals surface area contributed by atoms with E-state index in [1.165, 1.54) is 0 Å². The molecule has 0 aliphatic carbocycles. The van der Waals surface area contributed by atoms with Gasteiger partial charge >= 0.3 is 29.6 Å². The number of aromatic nitrogens is 2. The summed E-state index contributed by atoms with van der Waals surface area (Å²) in [4.78, 5) is 6.42. The summed E-state index contributed by atoms with van der Waals surface area (Å²) in [5.41, 5.74) is 0. The Morgan fingerprint density at radius 1 is 1.43 bits per heavy atom. The van der Waals surface area contributed by atoms with Crippen LogP contribution in [0.1, 0.15) is 0 Å². The van der Waals surface area contributed by atoms with E-state index in [1.54, 1.807) is 18.7 Å². The number of hydrogen-bond donors (Lipinski definition) is 1. The maximum absolute atomic E-state index is 3.67. The second-order valence-electron chi connectivity index (χ2n) is 0.761. The van der Waals surface area contributed by atoms with Gasteiger partial charge in [0.25, 0.3) is 0 Å². The molecule has 1 aromatic rings. The Morgan fingerprint density at radius 3 is 2.29 bits per heavy atom. The Hall–Kier alpha value is 0.500. The first-order valence-corrected chi connectivity index (χ1v) is 1.43. The smallest absolute Gasteiger partial charge is 0.0919 e. The molecule has 1 N–H and O–H groups in total. The maximum atomic E-state index is 3.67. The molecule has 1 heterocycles. The standard InChI is InChI=1S/C3H4N2.ClH.Na.H/c1-2-5-3-4-1;;;/h1-3H,(H,4,5);1H;;. The fraction of sp³-hybridized carbons (Fsp3) is 0. The van der Waals surface area contributed by atoms with E-state index < -0.39 is 0 Å². The van der Waals surface area contributed by atoms with Crippen LogP contribution in [0.2, 0.25) is 0 Å². The third-order valence-electron chi connectivity index (χ3n) is 0.406. The Bertz CT molecular complexity index is 69.4. The van der Waals surface area contributed by atoms with Crippen molar-refractivity contribution in [3.8, 4) is 0 Å². The first-order chi connectivity index (χ1) is 2.50. The maximum Gasteiger partial charge on any atom is 0.0919 e. The van der Waals surface area contributed by atoms with Crippen molar-refractivity contribution < 1.29 is 0 Å². The predicted molar refractivity (Wildman–Crippen MR) is 33.0 cm³/mol. The van der Waals surface area contributed by atoms with E-state index in [4.69, 9.17) is 0 Å². The normalized spacial score (nSPS) is 5.71. The van der Waals surface area contributed by atoms with Crippen LogP contribution in [0.3, 0.4) is 0 Å². The summed E-state index contributed by atoms with van der Waals surface area (Å²) in [5.74, 6) is 0. The molecule has 0 aliphatic rings. The van der Waals surface area contributed by atoms with Gasteiger partial charge in [-0.05, 0) is 0 Å². The van der Waals surface area contributed by atoms with E-state index in [-0.39, 0.29) is 42.0 Å². The molecule has 0 saturated heterocycles. The van der Waals surface area contributed by atoms with Crippen molar-refractivity contribution in [2.75, 3.05) is 0 Å². The molecule has 0 atom stereocenters. The van der Waals surface area contributed by atoms with Gasteiger partial charge in [0, 0.05) is 12.4 Å². The third kappa shape index (κ3) is 4.35. The van der Waals surface area contributed by atoms with Crippen LogP contribution in [0, 0.1) is 0 Å². The zero-order valence-electron chi connectivity index (χ0n) is 3.09. The fourth-order valence-corrected chi connectivity index (χ4v) is 0.215. The molecule has 0 fully saturated rings. The quantitative estimate of drug-likeness (QED) is 0.497. The fourth-order valence-electron chi connectivity index (χ4n) is 0.215. The molecule has 0 bridgehead atoms. The van der Waals surface area contributed by atoms with E-state index in [9.17, 15) is 0 Å². The van der Waals surface area contributed by atoms with Gasteiger partial charge in [-0.25, -0.2) is 4.98 Å². The van der Waals surface area contributed by atoms with E-state index in [0.717, 1.165) is 0 Å². The predicted octanol–water partition coefficient (Wildman–Crippen LogP) is 0.183. The van der Waals surface area contributed by atoms with Gasteiger partial charge in [0.05, 0.1) is 6.33 Å². The van der Waals surface area contributed by atoms with Gasteiger partial charge in [0.15, 0.2) is 0 Å². The molecular weight excluding hydrogens is 122 g/mol. The van der Waals surface area contributed by atoms with Crippen LogP contribution in [-0.2, 0) is 0 Å². The van der Waals surface area contributed by atoms with Crippen LogP contribution in [0.25, 0.3) is 0 Å². The van der Waals surface area contributed by atoms with Crippen LogP contribution >= 0.6 is 12.4 Å². The number of nitrogens with zero attached hydrogens (tertiary/aromatic N) is 1. The number of rotatable bonds is 0. The summed E-state index contributed by atoms with van der Waals surface area (Å²) in [6, 6.07) is 0. The average Bonchev–Trinajstić information content (AvgIpc) is 1.76. The van der Waals surface area contributed by atoms with Gasteiger partial charge < -0.3 is 4.98 Å². The van der Waals surface area contributed by atoms with Crippen molar-refractivity contribution in [1.82, 2.24) is 9.97 Å². The van der Waals surface area contributed by atoms with Crippen LogP contribution < -0.4 is 0 Å². The van der Waals surface area contributed by atoms with Gasteiger partial charge in [-0.2, -0.15) is 0 Å². The van der Waals surface area contributed by atoms with Crippen molar-refractivity contribution in [3.05, 3.63) is 18.7 Å². The van der Waals surface area contributed by atoms with Crippen molar-refractivity contribution in [1.29, 1.82) is 0 Å². The Morgan fingerprint density at radius 2 is 2.14 bits per heavy atom. The second-order valence-corrected chi connectivity index (χ2v) is 0.761. The number of halogens is 1. The molecule has 7 heavy (non-hydrogen) atoms. The molecule has 1 aromatic heterocycles. The molecule has 4 heteroatoms. The summed E-state index contributed by atoms with van der Waals surface area (Å²) >= 11 is 0. The molecule has 0 spiro atoms. The molecule has 0 radical (unpaired) electrons. The van der Waals surface area contributed by atoms with Crippen molar-refractivity contribution in [2.45, 2.75) is 0 Å².